The molecule has 2 N–H and O–H groups in total. The summed E-state index contributed by atoms with van der Waals surface area (Å²) in [5.74, 6) is -0.745. The van der Waals surface area contributed by atoms with Crippen molar-refractivity contribution in [2.45, 2.75) is 6.92 Å². The number of hydrogen-bond donors (Lipinski definition) is 2. The molecule has 1 amide bonds. The minimum absolute atomic E-state index is 0.133. The summed E-state index contributed by atoms with van der Waals surface area (Å²) in [5, 5.41) is 15.2. The summed E-state index contributed by atoms with van der Waals surface area (Å²) in [5.41, 5.74) is 1.19. The van der Waals surface area contributed by atoms with Gasteiger partial charge in [-0.1, -0.05) is 12.1 Å². The number of hydrogen-bond acceptors (Lipinski definition) is 3. The fraction of sp³-hybridized carbons (Fsp3) is 0.231. The van der Waals surface area contributed by atoms with E-state index in [4.69, 9.17) is 5.11 Å². The Morgan fingerprint density at radius 3 is 2.89 bits per heavy atom. The lowest BCUT2D eigenvalue weighted by atomic mass is 10.2. The molecule has 0 spiro atoms. The van der Waals surface area contributed by atoms with E-state index in [0.29, 0.717) is 16.9 Å². The fourth-order valence-corrected chi connectivity index (χ4v) is 1.76. The molecule has 0 radical (unpaired) electrons. The van der Waals surface area contributed by atoms with Crippen molar-refractivity contribution in [2.24, 2.45) is 0 Å². The van der Waals surface area contributed by atoms with Crippen molar-refractivity contribution in [3.05, 3.63) is 47.5 Å². The van der Waals surface area contributed by atoms with Gasteiger partial charge in [0.2, 0.25) is 0 Å². The number of carbonyl (C=O) groups is 1. The highest BCUT2D eigenvalue weighted by molar-refractivity contribution is 5.95. The van der Waals surface area contributed by atoms with Gasteiger partial charge in [-0.2, -0.15) is 5.10 Å². The average Bonchev–Trinajstić information content (AvgIpc) is 2.78. The van der Waals surface area contributed by atoms with E-state index in [-0.39, 0.29) is 19.1 Å². The highest BCUT2D eigenvalue weighted by Crippen LogP contribution is 2.16. The lowest BCUT2D eigenvalue weighted by molar-refractivity contribution is 0.0944. The van der Waals surface area contributed by atoms with Crippen LogP contribution in [0.15, 0.2) is 30.5 Å². The lowest BCUT2D eigenvalue weighted by Gasteiger charge is -2.06. The van der Waals surface area contributed by atoms with Crippen LogP contribution >= 0.6 is 0 Å². The Morgan fingerprint density at radius 1 is 1.47 bits per heavy atom. The van der Waals surface area contributed by atoms with Gasteiger partial charge in [-0.05, 0) is 19.1 Å². The van der Waals surface area contributed by atoms with Crippen LogP contribution in [-0.2, 0) is 0 Å². The quantitative estimate of drug-likeness (QED) is 0.866. The summed E-state index contributed by atoms with van der Waals surface area (Å²) in [6.45, 7) is 1.72. The number of aliphatic hydroxyl groups is 1. The first-order valence-corrected chi connectivity index (χ1v) is 5.83. The van der Waals surface area contributed by atoms with E-state index >= 15 is 0 Å². The molecule has 0 saturated carbocycles. The molecule has 0 aliphatic carbocycles. The second-order valence-electron chi connectivity index (χ2n) is 3.99. The maximum atomic E-state index is 13.7. The summed E-state index contributed by atoms with van der Waals surface area (Å²) in [7, 11) is 0. The molecule has 0 bridgehead atoms. The Labute approximate surface area is 109 Å². The molecule has 0 aliphatic heterocycles. The Bertz CT molecular complexity index is 595. The van der Waals surface area contributed by atoms with Crippen molar-refractivity contribution in [3.8, 4) is 5.69 Å². The van der Waals surface area contributed by atoms with E-state index < -0.39 is 5.82 Å². The number of para-hydroxylation sites is 1. The molecular weight excluding hydrogens is 249 g/mol. The Hall–Kier alpha value is -2.21. The molecule has 6 heteroatoms. The zero-order valence-electron chi connectivity index (χ0n) is 10.4. The highest BCUT2D eigenvalue weighted by Gasteiger charge is 2.16. The predicted octanol–water partition coefficient (Wildman–Crippen LogP) is 1.04. The smallest absolute Gasteiger partial charge is 0.254 e. The van der Waals surface area contributed by atoms with Crippen molar-refractivity contribution in [2.75, 3.05) is 13.2 Å². The van der Waals surface area contributed by atoms with Gasteiger partial charge in [0, 0.05) is 6.54 Å². The average molecular weight is 263 g/mol. The maximum absolute atomic E-state index is 13.7. The van der Waals surface area contributed by atoms with E-state index in [1.165, 1.54) is 16.9 Å². The van der Waals surface area contributed by atoms with Crippen LogP contribution in [0.25, 0.3) is 5.69 Å². The van der Waals surface area contributed by atoms with Gasteiger partial charge < -0.3 is 10.4 Å². The van der Waals surface area contributed by atoms with Crippen LogP contribution in [0.5, 0.6) is 0 Å². The molecule has 100 valence electrons. The lowest BCUT2D eigenvalue weighted by Crippen LogP contribution is -2.26. The molecule has 1 heterocycles. The summed E-state index contributed by atoms with van der Waals surface area (Å²) in [6.07, 6.45) is 1.38. The molecule has 1 aromatic carbocycles. The van der Waals surface area contributed by atoms with Crippen LogP contribution in [-0.4, -0.2) is 33.9 Å². The summed E-state index contributed by atoms with van der Waals surface area (Å²) >= 11 is 0. The SMILES string of the molecule is Cc1c(C(=O)NCCO)cnn1-c1ccccc1F. The minimum atomic E-state index is -0.406. The Balaban J connectivity index is 2.33. The maximum Gasteiger partial charge on any atom is 0.254 e. The van der Waals surface area contributed by atoms with E-state index in [1.54, 1.807) is 25.1 Å². The topological polar surface area (TPSA) is 67.2 Å². The second-order valence-corrected chi connectivity index (χ2v) is 3.99. The van der Waals surface area contributed by atoms with Gasteiger partial charge in [0.25, 0.3) is 5.91 Å². The highest BCUT2D eigenvalue weighted by atomic mass is 19.1. The predicted molar refractivity (Wildman–Crippen MR) is 67.7 cm³/mol. The van der Waals surface area contributed by atoms with Crippen LogP contribution in [0.3, 0.4) is 0 Å². The first-order chi connectivity index (χ1) is 9.15. The number of aromatic nitrogens is 2. The molecule has 2 aromatic rings. The van der Waals surface area contributed by atoms with Crippen LogP contribution in [0.4, 0.5) is 4.39 Å². The zero-order valence-corrected chi connectivity index (χ0v) is 10.4. The van der Waals surface area contributed by atoms with Gasteiger partial charge in [0.05, 0.1) is 24.1 Å². The van der Waals surface area contributed by atoms with Crippen LogP contribution < -0.4 is 5.32 Å². The molecule has 0 saturated heterocycles. The van der Waals surface area contributed by atoms with E-state index in [1.807, 2.05) is 0 Å². The fourth-order valence-electron chi connectivity index (χ4n) is 1.76. The number of benzene rings is 1. The van der Waals surface area contributed by atoms with Crippen LogP contribution in [0.1, 0.15) is 16.1 Å². The van der Waals surface area contributed by atoms with Crippen molar-refractivity contribution in [3.63, 3.8) is 0 Å². The first-order valence-electron chi connectivity index (χ1n) is 5.83. The molecule has 0 atom stereocenters. The first kappa shape index (κ1) is 13.2. The van der Waals surface area contributed by atoms with Gasteiger partial charge in [-0.15, -0.1) is 0 Å². The Kier molecular flexibility index (Phi) is 3.91. The molecule has 0 fully saturated rings. The minimum Gasteiger partial charge on any atom is -0.395 e. The standard InChI is InChI=1S/C13H14FN3O2/c1-9-10(13(19)15-6-7-18)8-16-17(9)12-5-3-2-4-11(12)14/h2-5,8,18H,6-7H2,1H3,(H,15,19). The van der Waals surface area contributed by atoms with Crippen molar-refractivity contribution < 1.29 is 14.3 Å². The van der Waals surface area contributed by atoms with Gasteiger partial charge in [-0.25, -0.2) is 9.07 Å². The molecule has 19 heavy (non-hydrogen) atoms. The third-order valence-electron chi connectivity index (χ3n) is 2.73. The zero-order chi connectivity index (χ0) is 13.8. The van der Waals surface area contributed by atoms with Crippen LogP contribution in [0, 0.1) is 12.7 Å². The van der Waals surface area contributed by atoms with Gasteiger partial charge in [0.1, 0.15) is 11.5 Å². The number of aliphatic hydroxyl groups excluding tert-OH is 1. The third kappa shape index (κ3) is 2.63. The number of rotatable bonds is 4. The summed E-state index contributed by atoms with van der Waals surface area (Å²) < 4.78 is 15.1. The number of nitrogens with zero attached hydrogens (tertiary/aromatic N) is 2. The van der Waals surface area contributed by atoms with Gasteiger partial charge in [0.15, 0.2) is 0 Å². The summed E-state index contributed by atoms with van der Waals surface area (Å²) in [4.78, 5) is 11.8. The molecular formula is C13H14FN3O2. The van der Waals surface area contributed by atoms with Gasteiger partial charge in [-0.3, -0.25) is 4.79 Å². The van der Waals surface area contributed by atoms with Gasteiger partial charge >= 0.3 is 0 Å². The third-order valence-corrected chi connectivity index (χ3v) is 2.73. The van der Waals surface area contributed by atoms with Crippen molar-refractivity contribution in [1.29, 1.82) is 0 Å². The number of nitrogens with one attached hydrogen (secondary N) is 1. The number of amides is 1. The number of halogens is 1. The van der Waals surface area contributed by atoms with E-state index in [2.05, 4.69) is 10.4 Å². The number of carbonyl (C=O) groups excluding carboxylic acids is 1. The van der Waals surface area contributed by atoms with Crippen LogP contribution in [0.2, 0.25) is 0 Å². The second kappa shape index (κ2) is 5.62. The molecule has 1 aromatic heterocycles. The Morgan fingerprint density at radius 2 is 2.21 bits per heavy atom. The summed E-state index contributed by atoms with van der Waals surface area (Å²) in [6, 6.07) is 6.21. The van der Waals surface area contributed by atoms with Crippen molar-refractivity contribution in [1.82, 2.24) is 15.1 Å². The van der Waals surface area contributed by atoms with E-state index in [9.17, 15) is 9.18 Å². The normalized spacial score (nSPS) is 10.5. The molecule has 0 aliphatic rings. The molecule has 5 nitrogen and oxygen atoms in total. The monoisotopic (exact) mass is 263 g/mol. The van der Waals surface area contributed by atoms with E-state index in [0.717, 1.165) is 0 Å². The largest absolute Gasteiger partial charge is 0.395 e. The molecule has 0 unspecified atom stereocenters. The molecule has 2 rings (SSSR count). The van der Waals surface area contributed by atoms with Crippen molar-refractivity contribution >= 4 is 5.91 Å².